The van der Waals surface area contributed by atoms with Gasteiger partial charge in [0.15, 0.2) is 5.60 Å². The molecule has 6 heteroatoms. The van der Waals surface area contributed by atoms with E-state index in [0.717, 1.165) is 31.6 Å². The minimum absolute atomic E-state index is 0.224. The molecule has 2 aliphatic rings. The van der Waals surface area contributed by atoms with Gasteiger partial charge in [-0.2, -0.15) is 0 Å². The van der Waals surface area contributed by atoms with Gasteiger partial charge in [0.2, 0.25) is 0 Å². The highest BCUT2D eigenvalue weighted by Gasteiger charge is 2.46. The Morgan fingerprint density at radius 2 is 1.89 bits per heavy atom. The van der Waals surface area contributed by atoms with E-state index in [-0.39, 0.29) is 11.7 Å². The second-order valence-electron chi connectivity index (χ2n) is 7.74. The van der Waals surface area contributed by atoms with Gasteiger partial charge in [-0.25, -0.2) is 4.39 Å². The molecule has 2 aliphatic heterocycles. The van der Waals surface area contributed by atoms with E-state index >= 15 is 0 Å². The summed E-state index contributed by atoms with van der Waals surface area (Å²) < 4.78 is 13.0. The normalized spacial score (nSPS) is 21.6. The molecule has 146 valence electrons. The van der Waals surface area contributed by atoms with Gasteiger partial charge in [-0.05, 0) is 30.2 Å². The zero-order valence-electron chi connectivity index (χ0n) is 16.0. The van der Waals surface area contributed by atoms with Crippen LogP contribution in [0.4, 0.5) is 4.39 Å². The molecule has 1 spiro atoms. The summed E-state index contributed by atoms with van der Waals surface area (Å²) in [5, 5.41) is 6.91. The van der Waals surface area contributed by atoms with E-state index in [2.05, 4.69) is 46.6 Å². The Hall–Kier alpha value is -2.73. The van der Waals surface area contributed by atoms with Crippen LogP contribution in [0.3, 0.4) is 0 Å². The third kappa shape index (κ3) is 4.22. The van der Waals surface area contributed by atoms with Gasteiger partial charge >= 0.3 is 0 Å². The molecule has 0 saturated carbocycles. The van der Waals surface area contributed by atoms with Crippen molar-refractivity contribution in [2.45, 2.75) is 38.5 Å². The van der Waals surface area contributed by atoms with Gasteiger partial charge in [-0.1, -0.05) is 47.1 Å². The van der Waals surface area contributed by atoms with Crippen LogP contribution in [0.2, 0.25) is 0 Å². The SMILES string of the molecule is Cc1ccc(CN2CCC3(CC(C(=O)NCc4ccc(F)cc4)=NO3)C2)cc1. The fourth-order valence-corrected chi connectivity index (χ4v) is 3.76. The van der Waals surface area contributed by atoms with Gasteiger partial charge in [0, 0.05) is 39.0 Å². The predicted octanol–water partition coefficient (Wildman–Crippen LogP) is 3.17. The number of carbonyl (C=O) groups excluding carboxylic acids is 1. The number of hydrogen-bond acceptors (Lipinski definition) is 4. The Morgan fingerprint density at radius 1 is 1.18 bits per heavy atom. The molecule has 0 bridgehead atoms. The third-order valence-electron chi connectivity index (χ3n) is 5.39. The van der Waals surface area contributed by atoms with Gasteiger partial charge in [-0.3, -0.25) is 9.69 Å². The summed E-state index contributed by atoms with van der Waals surface area (Å²) in [5.74, 6) is -0.514. The summed E-state index contributed by atoms with van der Waals surface area (Å²) in [6.45, 7) is 4.98. The van der Waals surface area contributed by atoms with Crippen molar-refractivity contribution in [1.82, 2.24) is 10.2 Å². The summed E-state index contributed by atoms with van der Waals surface area (Å²) >= 11 is 0. The fourth-order valence-electron chi connectivity index (χ4n) is 3.76. The lowest BCUT2D eigenvalue weighted by molar-refractivity contribution is -0.115. The Morgan fingerprint density at radius 3 is 2.64 bits per heavy atom. The van der Waals surface area contributed by atoms with Gasteiger partial charge < -0.3 is 10.2 Å². The Kier molecular flexibility index (Phi) is 5.13. The Labute approximate surface area is 164 Å². The molecule has 28 heavy (non-hydrogen) atoms. The van der Waals surface area contributed by atoms with E-state index in [1.807, 2.05) is 0 Å². The molecule has 1 amide bonds. The summed E-state index contributed by atoms with van der Waals surface area (Å²) in [5.41, 5.74) is 3.41. The highest BCUT2D eigenvalue weighted by atomic mass is 19.1. The number of nitrogens with zero attached hydrogens (tertiary/aromatic N) is 2. The first-order valence-electron chi connectivity index (χ1n) is 9.57. The second kappa shape index (κ2) is 7.72. The largest absolute Gasteiger partial charge is 0.387 e. The summed E-state index contributed by atoms with van der Waals surface area (Å²) in [4.78, 5) is 20.5. The molecule has 1 saturated heterocycles. The zero-order valence-corrected chi connectivity index (χ0v) is 16.0. The smallest absolute Gasteiger partial charge is 0.269 e. The number of hydrogen-bond donors (Lipinski definition) is 1. The van der Waals surface area contributed by atoms with Gasteiger partial charge in [0.05, 0.1) is 0 Å². The first kappa shape index (κ1) is 18.6. The van der Waals surface area contributed by atoms with Crippen LogP contribution in [0.25, 0.3) is 0 Å². The van der Waals surface area contributed by atoms with Crippen LogP contribution in [0.1, 0.15) is 29.5 Å². The van der Waals surface area contributed by atoms with Crippen LogP contribution >= 0.6 is 0 Å². The first-order valence-corrected chi connectivity index (χ1v) is 9.57. The molecule has 1 N–H and O–H groups in total. The number of aryl methyl sites for hydroxylation is 1. The number of likely N-dealkylation sites (tertiary alicyclic amines) is 1. The number of oxime groups is 1. The molecule has 1 fully saturated rings. The van der Waals surface area contributed by atoms with Crippen molar-refractivity contribution < 1.29 is 14.0 Å². The van der Waals surface area contributed by atoms with Crippen molar-refractivity contribution in [3.05, 3.63) is 71.0 Å². The minimum atomic E-state index is -0.396. The van der Waals surface area contributed by atoms with E-state index in [4.69, 9.17) is 4.84 Å². The summed E-state index contributed by atoms with van der Waals surface area (Å²) in [6.07, 6.45) is 1.38. The average Bonchev–Trinajstić information content (AvgIpc) is 3.30. The molecule has 0 radical (unpaired) electrons. The molecule has 1 atom stereocenters. The van der Waals surface area contributed by atoms with E-state index in [1.54, 1.807) is 12.1 Å². The third-order valence-corrected chi connectivity index (χ3v) is 5.39. The molecular formula is C22H24FN3O2. The molecule has 4 rings (SSSR count). The molecular weight excluding hydrogens is 357 g/mol. The average molecular weight is 381 g/mol. The van der Waals surface area contributed by atoms with Gasteiger partial charge in [0.25, 0.3) is 5.91 Å². The van der Waals surface area contributed by atoms with E-state index in [1.165, 1.54) is 23.3 Å². The molecule has 2 aromatic rings. The van der Waals surface area contributed by atoms with Gasteiger partial charge in [0.1, 0.15) is 11.5 Å². The fraction of sp³-hybridized carbons (Fsp3) is 0.364. The van der Waals surface area contributed by atoms with Crippen molar-refractivity contribution in [3.63, 3.8) is 0 Å². The van der Waals surface area contributed by atoms with Crippen LogP contribution in [-0.4, -0.2) is 35.2 Å². The summed E-state index contributed by atoms with van der Waals surface area (Å²) in [6, 6.07) is 14.6. The second-order valence-corrected chi connectivity index (χ2v) is 7.74. The maximum Gasteiger partial charge on any atom is 0.269 e. The number of halogens is 1. The molecule has 5 nitrogen and oxygen atoms in total. The Bertz CT molecular complexity index is 880. The Balaban J connectivity index is 1.28. The monoisotopic (exact) mass is 381 g/mol. The number of nitrogens with one attached hydrogen (secondary N) is 1. The van der Waals surface area contributed by atoms with Crippen LogP contribution < -0.4 is 5.32 Å². The van der Waals surface area contributed by atoms with Crippen molar-refractivity contribution in [2.75, 3.05) is 13.1 Å². The van der Waals surface area contributed by atoms with E-state index < -0.39 is 5.60 Å². The lowest BCUT2D eigenvalue weighted by atomic mass is 9.96. The summed E-state index contributed by atoms with van der Waals surface area (Å²) in [7, 11) is 0. The van der Waals surface area contributed by atoms with Crippen LogP contribution in [0, 0.1) is 12.7 Å². The number of carbonyl (C=O) groups is 1. The molecule has 0 aliphatic carbocycles. The predicted molar refractivity (Wildman–Crippen MR) is 105 cm³/mol. The van der Waals surface area contributed by atoms with E-state index in [0.29, 0.717) is 18.7 Å². The number of amides is 1. The molecule has 0 aromatic heterocycles. The maximum absolute atomic E-state index is 13.0. The van der Waals surface area contributed by atoms with Crippen LogP contribution in [0.15, 0.2) is 53.7 Å². The highest BCUT2D eigenvalue weighted by Crippen LogP contribution is 2.34. The van der Waals surface area contributed by atoms with Crippen molar-refractivity contribution >= 4 is 11.6 Å². The molecule has 2 aromatic carbocycles. The lowest BCUT2D eigenvalue weighted by Crippen LogP contribution is -2.36. The number of benzene rings is 2. The highest BCUT2D eigenvalue weighted by molar-refractivity contribution is 6.39. The number of rotatable bonds is 5. The first-order chi connectivity index (χ1) is 13.5. The maximum atomic E-state index is 13.0. The standard InChI is InChI=1S/C22H24FN3O2/c1-16-2-4-18(5-3-16)14-26-11-10-22(15-26)12-20(25-28-22)21(27)24-13-17-6-8-19(23)9-7-17/h2-9H,10-15H2,1H3,(H,24,27). The topological polar surface area (TPSA) is 53.9 Å². The van der Waals surface area contributed by atoms with Crippen molar-refractivity contribution in [3.8, 4) is 0 Å². The van der Waals surface area contributed by atoms with Crippen molar-refractivity contribution in [1.29, 1.82) is 0 Å². The minimum Gasteiger partial charge on any atom is -0.387 e. The lowest BCUT2D eigenvalue weighted by Gasteiger charge is -2.21. The van der Waals surface area contributed by atoms with Crippen LogP contribution in [0.5, 0.6) is 0 Å². The van der Waals surface area contributed by atoms with Crippen LogP contribution in [-0.2, 0) is 22.7 Å². The van der Waals surface area contributed by atoms with Gasteiger partial charge in [-0.15, -0.1) is 0 Å². The van der Waals surface area contributed by atoms with E-state index in [9.17, 15) is 9.18 Å². The quantitative estimate of drug-likeness (QED) is 0.866. The molecule has 1 unspecified atom stereocenters. The molecule has 2 heterocycles. The van der Waals surface area contributed by atoms with Crippen molar-refractivity contribution in [2.24, 2.45) is 5.16 Å². The zero-order chi connectivity index (χ0) is 19.6.